The molecular formula is C24H20N4O. The normalized spacial score (nSPS) is 11.8. The number of rotatable bonds is 5. The van der Waals surface area contributed by atoms with Gasteiger partial charge in [0.05, 0.1) is 11.9 Å². The fourth-order valence-electron chi connectivity index (χ4n) is 3.04. The van der Waals surface area contributed by atoms with Gasteiger partial charge in [-0.3, -0.25) is 9.89 Å². The van der Waals surface area contributed by atoms with E-state index in [0.29, 0.717) is 11.4 Å². The Bertz CT molecular complexity index is 1210. The summed E-state index contributed by atoms with van der Waals surface area (Å²) in [5.74, 6) is -0.340. The lowest BCUT2D eigenvalue weighted by atomic mass is 10.1. The number of aromatic amines is 1. The highest BCUT2D eigenvalue weighted by molar-refractivity contribution is 5.95. The molecule has 0 saturated heterocycles. The average molecular weight is 380 g/mol. The lowest BCUT2D eigenvalue weighted by Crippen LogP contribution is -2.17. The Morgan fingerprint density at radius 2 is 1.72 bits per heavy atom. The molecule has 2 N–H and O–H groups in total. The summed E-state index contributed by atoms with van der Waals surface area (Å²) in [6.45, 7) is 1.93. The van der Waals surface area contributed by atoms with Crippen LogP contribution >= 0.6 is 0 Å². The number of amides is 1. The summed E-state index contributed by atoms with van der Waals surface area (Å²) in [6.07, 6.45) is 3.61. The van der Waals surface area contributed by atoms with Crippen molar-refractivity contribution in [3.8, 4) is 11.3 Å². The fourth-order valence-corrected chi connectivity index (χ4v) is 3.04. The van der Waals surface area contributed by atoms with Gasteiger partial charge >= 0.3 is 0 Å². The van der Waals surface area contributed by atoms with Crippen molar-refractivity contribution >= 4 is 29.0 Å². The van der Waals surface area contributed by atoms with Crippen molar-refractivity contribution in [2.24, 2.45) is 5.10 Å². The van der Waals surface area contributed by atoms with Gasteiger partial charge in [0.25, 0.3) is 5.91 Å². The van der Waals surface area contributed by atoms with E-state index in [1.807, 2.05) is 67.6 Å². The minimum atomic E-state index is -0.340. The number of carbonyl (C=O) groups is 1. The van der Waals surface area contributed by atoms with Crippen molar-refractivity contribution in [3.63, 3.8) is 0 Å². The van der Waals surface area contributed by atoms with Gasteiger partial charge in [0.2, 0.25) is 0 Å². The molecule has 0 unspecified atom stereocenters. The smallest absolute Gasteiger partial charge is 0.272 e. The Labute approximate surface area is 168 Å². The molecule has 1 amide bonds. The van der Waals surface area contributed by atoms with Crippen molar-refractivity contribution in [3.05, 3.63) is 95.7 Å². The highest BCUT2D eigenvalue weighted by Gasteiger charge is 2.10. The van der Waals surface area contributed by atoms with Gasteiger partial charge < -0.3 is 0 Å². The Kier molecular flexibility index (Phi) is 5.29. The predicted molar refractivity (Wildman–Crippen MR) is 118 cm³/mol. The summed E-state index contributed by atoms with van der Waals surface area (Å²) in [7, 11) is 0. The molecular weight excluding hydrogens is 360 g/mol. The lowest BCUT2D eigenvalue weighted by molar-refractivity contribution is 0.0950. The van der Waals surface area contributed by atoms with Gasteiger partial charge in [-0.05, 0) is 41.0 Å². The molecule has 0 fully saturated rings. The summed E-state index contributed by atoms with van der Waals surface area (Å²) in [5.41, 5.74) is 6.55. The summed E-state index contributed by atoms with van der Waals surface area (Å²) >= 11 is 0. The second kappa shape index (κ2) is 8.35. The molecule has 1 aromatic heterocycles. The van der Waals surface area contributed by atoms with Crippen LogP contribution in [0.25, 0.3) is 28.1 Å². The monoisotopic (exact) mass is 380 g/mol. The third kappa shape index (κ3) is 4.47. The summed E-state index contributed by atoms with van der Waals surface area (Å²) in [4.78, 5) is 12.3. The predicted octanol–water partition coefficient (Wildman–Crippen LogP) is 5.05. The number of fused-ring (bicyclic) bond motifs is 1. The van der Waals surface area contributed by atoms with Gasteiger partial charge in [0.15, 0.2) is 0 Å². The number of benzene rings is 3. The zero-order chi connectivity index (χ0) is 20.1. The van der Waals surface area contributed by atoms with Crippen molar-refractivity contribution in [2.75, 3.05) is 0 Å². The first-order valence-electron chi connectivity index (χ1n) is 9.30. The van der Waals surface area contributed by atoms with E-state index in [9.17, 15) is 4.79 Å². The molecule has 0 atom stereocenters. The molecule has 5 nitrogen and oxygen atoms in total. The van der Waals surface area contributed by atoms with E-state index in [1.54, 1.807) is 12.3 Å². The number of nitrogens with one attached hydrogen (secondary N) is 2. The Morgan fingerprint density at radius 3 is 2.55 bits per heavy atom. The fraction of sp³-hybridized carbons (Fsp3) is 0.0417. The number of aromatic nitrogens is 2. The quantitative estimate of drug-likeness (QED) is 0.376. The van der Waals surface area contributed by atoms with Gasteiger partial charge in [0.1, 0.15) is 5.69 Å². The van der Waals surface area contributed by atoms with E-state index < -0.39 is 0 Å². The van der Waals surface area contributed by atoms with Gasteiger partial charge in [-0.1, -0.05) is 72.8 Å². The highest BCUT2D eigenvalue weighted by atomic mass is 16.2. The van der Waals surface area contributed by atoms with Crippen molar-refractivity contribution < 1.29 is 4.79 Å². The number of hydrazone groups is 1. The van der Waals surface area contributed by atoms with Crippen LogP contribution in [0.5, 0.6) is 0 Å². The highest BCUT2D eigenvalue weighted by Crippen LogP contribution is 2.23. The maximum absolute atomic E-state index is 12.3. The van der Waals surface area contributed by atoms with E-state index in [0.717, 1.165) is 27.5 Å². The first-order valence-corrected chi connectivity index (χ1v) is 9.30. The van der Waals surface area contributed by atoms with Crippen LogP contribution in [0.4, 0.5) is 0 Å². The molecule has 0 aliphatic heterocycles. The van der Waals surface area contributed by atoms with Crippen LogP contribution in [-0.4, -0.2) is 22.3 Å². The Hall–Kier alpha value is -3.99. The van der Waals surface area contributed by atoms with Crippen LogP contribution in [0, 0.1) is 0 Å². The van der Waals surface area contributed by atoms with E-state index >= 15 is 0 Å². The van der Waals surface area contributed by atoms with Gasteiger partial charge in [0, 0.05) is 5.56 Å². The van der Waals surface area contributed by atoms with Crippen LogP contribution in [-0.2, 0) is 0 Å². The molecule has 29 heavy (non-hydrogen) atoms. The van der Waals surface area contributed by atoms with E-state index in [4.69, 9.17) is 0 Å². The number of allylic oxidation sites excluding steroid dienone is 1. The molecule has 0 aliphatic rings. The van der Waals surface area contributed by atoms with E-state index in [1.165, 1.54) is 0 Å². The lowest BCUT2D eigenvalue weighted by Gasteiger charge is -2.00. The first kappa shape index (κ1) is 18.4. The zero-order valence-corrected chi connectivity index (χ0v) is 16.0. The first-order chi connectivity index (χ1) is 14.2. The zero-order valence-electron chi connectivity index (χ0n) is 16.0. The molecule has 0 spiro atoms. The summed E-state index contributed by atoms with van der Waals surface area (Å²) in [5, 5.41) is 13.4. The molecule has 5 heteroatoms. The Morgan fingerprint density at radius 1 is 0.966 bits per heavy atom. The van der Waals surface area contributed by atoms with Crippen molar-refractivity contribution in [2.45, 2.75) is 6.92 Å². The van der Waals surface area contributed by atoms with Crippen LogP contribution in [0.3, 0.4) is 0 Å². The molecule has 3 aromatic carbocycles. The molecule has 0 saturated carbocycles. The van der Waals surface area contributed by atoms with E-state index in [2.05, 4.69) is 38.9 Å². The minimum absolute atomic E-state index is 0.340. The van der Waals surface area contributed by atoms with Gasteiger partial charge in [-0.2, -0.15) is 10.2 Å². The van der Waals surface area contributed by atoms with Crippen LogP contribution in [0.2, 0.25) is 0 Å². The SMILES string of the molecule is CC(/C=N\NC(=O)c1cc(-c2ccc3ccccc3c2)n[nH]1)=C/c1ccccc1. The minimum Gasteiger partial charge on any atom is -0.272 e. The largest absolute Gasteiger partial charge is 0.289 e. The second-order valence-corrected chi connectivity index (χ2v) is 6.73. The topological polar surface area (TPSA) is 70.1 Å². The molecule has 0 bridgehead atoms. The number of hydrogen-bond donors (Lipinski definition) is 2. The van der Waals surface area contributed by atoms with Crippen molar-refractivity contribution in [1.29, 1.82) is 0 Å². The number of carbonyl (C=O) groups excluding carboxylic acids is 1. The van der Waals surface area contributed by atoms with Crippen LogP contribution in [0.1, 0.15) is 23.0 Å². The van der Waals surface area contributed by atoms with Crippen LogP contribution in [0.15, 0.2) is 89.5 Å². The molecule has 1 heterocycles. The maximum Gasteiger partial charge on any atom is 0.289 e. The number of hydrogen-bond acceptors (Lipinski definition) is 3. The molecule has 0 aliphatic carbocycles. The summed E-state index contributed by atoms with van der Waals surface area (Å²) in [6, 6.07) is 25.9. The summed E-state index contributed by atoms with van der Waals surface area (Å²) < 4.78 is 0. The average Bonchev–Trinajstić information content (AvgIpc) is 3.24. The second-order valence-electron chi connectivity index (χ2n) is 6.73. The third-order valence-corrected chi connectivity index (χ3v) is 4.50. The van der Waals surface area contributed by atoms with Crippen LogP contribution < -0.4 is 5.43 Å². The van der Waals surface area contributed by atoms with Gasteiger partial charge in [-0.15, -0.1) is 0 Å². The molecule has 0 radical (unpaired) electrons. The molecule has 142 valence electrons. The maximum atomic E-state index is 12.3. The molecule has 4 rings (SSSR count). The van der Waals surface area contributed by atoms with Gasteiger partial charge in [-0.25, -0.2) is 5.43 Å². The standard InChI is InChI=1S/C24H20N4O/c1-17(13-18-7-3-2-4-8-18)16-25-28-24(29)23-15-22(26-27-23)21-12-11-19-9-5-6-10-20(19)14-21/h2-16H,1H3,(H,26,27)(H,28,29)/b17-13-,25-16-. The number of H-pyrrole nitrogens is 1. The van der Waals surface area contributed by atoms with Crippen molar-refractivity contribution in [1.82, 2.24) is 15.6 Å². The Balaban J connectivity index is 1.43. The number of nitrogens with zero attached hydrogens (tertiary/aromatic N) is 2. The molecule has 4 aromatic rings. The van der Waals surface area contributed by atoms with E-state index in [-0.39, 0.29) is 5.91 Å². The third-order valence-electron chi connectivity index (χ3n) is 4.50.